The highest BCUT2D eigenvalue weighted by Gasteiger charge is 2.11. The molecule has 0 spiro atoms. The van der Waals surface area contributed by atoms with Gasteiger partial charge in [0.1, 0.15) is 0 Å². The van der Waals surface area contributed by atoms with Crippen molar-refractivity contribution in [3.8, 4) is 6.07 Å². The van der Waals surface area contributed by atoms with Crippen molar-refractivity contribution in [3.05, 3.63) is 29.8 Å². The SMILES string of the molecule is CC1=NN(c2ccc(C#N)cc2)CC1. The summed E-state index contributed by atoms with van der Waals surface area (Å²) in [6, 6.07) is 9.60. The predicted molar refractivity (Wildman–Crippen MR) is 56.2 cm³/mol. The zero-order valence-corrected chi connectivity index (χ0v) is 8.07. The lowest BCUT2D eigenvalue weighted by molar-refractivity contribution is 0.922. The van der Waals surface area contributed by atoms with Crippen LogP contribution in [0, 0.1) is 11.3 Å². The Balaban J connectivity index is 2.22. The quantitative estimate of drug-likeness (QED) is 0.672. The summed E-state index contributed by atoms with van der Waals surface area (Å²) in [6.45, 7) is 2.97. The number of hydrazone groups is 1. The Kier molecular flexibility index (Phi) is 2.19. The highest BCUT2D eigenvalue weighted by Crippen LogP contribution is 2.19. The maximum Gasteiger partial charge on any atom is 0.0991 e. The topological polar surface area (TPSA) is 39.4 Å². The molecule has 1 aliphatic heterocycles. The Morgan fingerprint density at radius 2 is 2.07 bits per heavy atom. The normalized spacial score (nSPS) is 15.1. The monoisotopic (exact) mass is 185 g/mol. The number of rotatable bonds is 1. The molecular formula is C11H11N3. The second-order valence-corrected chi connectivity index (χ2v) is 3.37. The van der Waals surface area contributed by atoms with Crippen LogP contribution in [0.3, 0.4) is 0 Å². The molecule has 1 heterocycles. The first-order valence-electron chi connectivity index (χ1n) is 4.61. The fraction of sp³-hybridized carbons (Fsp3) is 0.273. The Morgan fingerprint density at radius 1 is 1.36 bits per heavy atom. The van der Waals surface area contributed by atoms with Gasteiger partial charge in [-0.1, -0.05) is 0 Å². The maximum atomic E-state index is 8.64. The number of hydrogen-bond donors (Lipinski definition) is 0. The summed E-state index contributed by atoms with van der Waals surface area (Å²) in [6.07, 6.45) is 1.03. The van der Waals surface area contributed by atoms with Gasteiger partial charge in [0, 0.05) is 18.7 Å². The van der Waals surface area contributed by atoms with Crippen LogP contribution in [0.15, 0.2) is 29.4 Å². The van der Waals surface area contributed by atoms with Gasteiger partial charge >= 0.3 is 0 Å². The number of nitrogens with zero attached hydrogens (tertiary/aromatic N) is 3. The molecule has 0 saturated heterocycles. The standard InChI is InChI=1S/C11H11N3/c1-9-6-7-14(13-9)11-4-2-10(8-12)3-5-11/h2-5H,6-7H2,1H3. The van der Waals surface area contributed by atoms with E-state index in [1.54, 1.807) is 0 Å². The van der Waals surface area contributed by atoms with E-state index in [2.05, 4.69) is 11.2 Å². The van der Waals surface area contributed by atoms with E-state index in [1.165, 1.54) is 0 Å². The molecule has 2 rings (SSSR count). The summed E-state index contributed by atoms with van der Waals surface area (Å²) >= 11 is 0. The van der Waals surface area contributed by atoms with Gasteiger partial charge in [-0.05, 0) is 31.2 Å². The number of benzene rings is 1. The maximum absolute atomic E-state index is 8.64. The van der Waals surface area contributed by atoms with Crippen molar-refractivity contribution >= 4 is 11.4 Å². The zero-order valence-electron chi connectivity index (χ0n) is 8.07. The number of hydrogen-bond acceptors (Lipinski definition) is 3. The van der Waals surface area contributed by atoms with Crippen LogP contribution in [0.5, 0.6) is 0 Å². The predicted octanol–water partition coefficient (Wildman–Crippen LogP) is 2.14. The van der Waals surface area contributed by atoms with Crippen molar-refractivity contribution in [1.82, 2.24) is 0 Å². The molecule has 0 aromatic heterocycles. The molecule has 1 aromatic carbocycles. The molecule has 14 heavy (non-hydrogen) atoms. The lowest BCUT2D eigenvalue weighted by Gasteiger charge is -2.12. The molecule has 1 aromatic rings. The first kappa shape index (κ1) is 8.76. The van der Waals surface area contributed by atoms with Gasteiger partial charge in [-0.15, -0.1) is 0 Å². The van der Waals surface area contributed by atoms with Gasteiger partial charge in [0.05, 0.1) is 17.3 Å². The van der Waals surface area contributed by atoms with E-state index in [1.807, 2.05) is 36.2 Å². The summed E-state index contributed by atoms with van der Waals surface area (Å²) < 4.78 is 0. The van der Waals surface area contributed by atoms with E-state index in [0.29, 0.717) is 5.56 Å². The summed E-state index contributed by atoms with van der Waals surface area (Å²) in [5.41, 5.74) is 2.91. The highest BCUT2D eigenvalue weighted by molar-refractivity contribution is 5.85. The van der Waals surface area contributed by atoms with Crippen LogP contribution in [-0.4, -0.2) is 12.3 Å². The Labute approximate surface area is 83.3 Å². The number of nitriles is 1. The van der Waals surface area contributed by atoms with E-state index in [0.717, 1.165) is 24.4 Å². The molecule has 0 atom stereocenters. The largest absolute Gasteiger partial charge is 0.265 e. The van der Waals surface area contributed by atoms with E-state index < -0.39 is 0 Å². The minimum Gasteiger partial charge on any atom is -0.265 e. The third-order valence-corrected chi connectivity index (χ3v) is 2.27. The summed E-state index contributed by atoms with van der Waals surface area (Å²) in [5, 5.41) is 15.0. The van der Waals surface area contributed by atoms with Crippen molar-refractivity contribution in [2.24, 2.45) is 5.10 Å². The van der Waals surface area contributed by atoms with Crippen LogP contribution >= 0.6 is 0 Å². The van der Waals surface area contributed by atoms with Crippen molar-refractivity contribution in [2.45, 2.75) is 13.3 Å². The fourth-order valence-corrected chi connectivity index (χ4v) is 1.47. The number of anilines is 1. The fourth-order valence-electron chi connectivity index (χ4n) is 1.47. The molecule has 3 nitrogen and oxygen atoms in total. The van der Waals surface area contributed by atoms with Crippen LogP contribution in [0.1, 0.15) is 18.9 Å². The molecule has 0 amide bonds. The van der Waals surface area contributed by atoms with Crippen LogP contribution in [0.2, 0.25) is 0 Å². The van der Waals surface area contributed by atoms with E-state index in [-0.39, 0.29) is 0 Å². The smallest absolute Gasteiger partial charge is 0.0991 e. The van der Waals surface area contributed by atoms with Crippen molar-refractivity contribution in [1.29, 1.82) is 5.26 Å². The molecule has 3 heteroatoms. The lowest BCUT2D eigenvalue weighted by atomic mass is 10.2. The van der Waals surface area contributed by atoms with Gasteiger partial charge in [-0.2, -0.15) is 10.4 Å². The minimum absolute atomic E-state index is 0.689. The van der Waals surface area contributed by atoms with Gasteiger partial charge in [-0.25, -0.2) is 0 Å². The third-order valence-electron chi connectivity index (χ3n) is 2.27. The van der Waals surface area contributed by atoms with Crippen molar-refractivity contribution in [3.63, 3.8) is 0 Å². The zero-order chi connectivity index (χ0) is 9.97. The average molecular weight is 185 g/mol. The van der Waals surface area contributed by atoms with Crippen molar-refractivity contribution in [2.75, 3.05) is 11.6 Å². The molecule has 0 saturated carbocycles. The molecule has 70 valence electrons. The highest BCUT2D eigenvalue weighted by atomic mass is 15.5. The minimum atomic E-state index is 0.689. The third kappa shape index (κ3) is 1.60. The second kappa shape index (κ2) is 3.51. The Bertz CT molecular complexity index is 398. The molecular weight excluding hydrogens is 174 g/mol. The molecule has 0 fully saturated rings. The van der Waals surface area contributed by atoms with Crippen LogP contribution in [0.25, 0.3) is 0 Å². The molecule has 0 unspecified atom stereocenters. The molecule has 1 aliphatic rings. The molecule has 0 radical (unpaired) electrons. The first-order valence-corrected chi connectivity index (χ1v) is 4.61. The molecule has 0 aliphatic carbocycles. The summed E-state index contributed by atoms with van der Waals surface area (Å²) in [4.78, 5) is 0. The van der Waals surface area contributed by atoms with Crippen molar-refractivity contribution < 1.29 is 0 Å². The van der Waals surface area contributed by atoms with Crippen LogP contribution < -0.4 is 5.01 Å². The molecule has 0 bridgehead atoms. The van der Waals surface area contributed by atoms with E-state index >= 15 is 0 Å². The van der Waals surface area contributed by atoms with E-state index in [4.69, 9.17) is 5.26 Å². The average Bonchev–Trinajstić information content (AvgIpc) is 2.65. The first-order chi connectivity index (χ1) is 6.79. The van der Waals surface area contributed by atoms with Gasteiger partial charge in [0.15, 0.2) is 0 Å². The van der Waals surface area contributed by atoms with Crippen LogP contribution in [-0.2, 0) is 0 Å². The van der Waals surface area contributed by atoms with Gasteiger partial charge < -0.3 is 0 Å². The summed E-state index contributed by atoms with van der Waals surface area (Å²) in [7, 11) is 0. The van der Waals surface area contributed by atoms with E-state index in [9.17, 15) is 0 Å². The second-order valence-electron chi connectivity index (χ2n) is 3.37. The Hall–Kier alpha value is -1.82. The van der Waals surface area contributed by atoms with Gasteiger partial charge in [-0.3, -0.25) is 5.01 Å². The summed E-state index contributed by atoms with van der Waals surface area (Å²) in [5.74, 6) is 0. The van der Waals surface area contributed by atoms with Crippen LogP contribution in [0.4, 0.5) is 5.69 Å². The van der Waals surface area contributed by atoms with Gasteiger partial charge in [0.25, 0.3) is 0 Å². The Morgan fingerprint density at radius 3 is 2.57 bits per heavy atom. The van der Waals surface area contributed by atoms with Gasteiger partial charge in [0.2, 0.25) is 0 Å². The molecule has 0 N–H and O–H groups in total. The lowest BCUT2D eigenvalue weighted by Crippen LogP contribution is -2.11.